The summed E-state index contributed by atoms with van der Waals surface area (Å²) in [4.78, 5) is 11.9. The van der Waals surface area contributed by atoms with Gasteiger partial charge in [0.15, 0.2) is 23.1 Å². The fraction of sp³-hybridized carbons (Fsp3) is 0.278. The molecule has 1 aliphatic heterocycles. The summed E-state index contributed by atoms with van der Waals surface area (Å²) >= 11 is 0. The largest absolute Gasteiger partial charge is 0.486 e. The van der Waals surface area contributed by atoms with Crippen LogP contribution in [-0.4, -0.2) is 35.1 Å². The first-order valence-electron chi connectivity index (χ1n) is 7.95. The van der Waals surface area contributed by atoms with Crippen molar-refractivity contribution in [2.45, 2.75) is 11.9 Å². The summed E-state index contributed by atoms with van der Waals surface area (Å²) in [5, 5.41) is 2.65. The van der Waals surface area contributed by atoms with Gasteiger partial charge in [0.05, 0.1) is 6.54 Å². The molecule has 1 heterocycles. The highest BCUT2D eigenvalue weighted by atomic mass is 32.2. The van der Waals surface area contributed by atoms with Crippen molar-refractivity contribution in [1.82, 2.24) is 5.32 Å². The Morgan fingerprint density at radius 3 is 2.69 bits per heavy atom. The summed E-state index contributed by atoms with van der Waals surface area (Å²) in [6.45, 7) is 0.519. The Balaban J connectivity index is 1.44. The van der Waals surface area contributed by atoms with Gasteiger partial charge in [-0.3, -0.25) is 9.00 Å². The number of ether oxygens (including phenoxy) is 2. The molecule has 0 saturated carbocycles. The number of nitrogens with one attached hydrogen (secondary N) is 1. The van der Waals surface area contributed by atoms with E-state index < -0.39 is 28.3 Å². The normalized spacial score (nSPS) is 16.8. The molecule has 5 nitrogen and oxygen atoms in total. The summed E-state index contributed by atoms with van der Waals surface area (Å²) in [5.74, 6) is -1.37. The summed E-state index contributed by atoms with van der Waals surface area (Å²) in [7, 11) is -1.53. The van der Waals surface area contributed by atoms with E-state index in [0.717, 1.165) is 12.1 Å². The molecule has 0 aliphatic carbocycles. The van der Waals surface area contributed by atoms with E-state index in [9.17, 15) is 17.8 Å². The molecule has 2 aromatic carbocycles. The van der Waals surface area contributed by atoms with Crippen LogP contribution in [0.2, 0.25) is 0 Å². The third-order valence-electron chi connectivity index (χ3n) is 3.70. The monoisotopic (exact) mass is 381 g/mol. The van der Waals surface area contributed by atoms with Gasteiger partial charge in [-0.1, -0.05) is 18.2 Å². The van der Waals surface area contributed by atoms with Crippen LogP contribution in [0, 0.1) is 11.6 Å². The SMILES string of the molecule is O=C(CS(=O)Cc1ccc(F)c(F)c1)NCC1COc2ccccc2O1. The van der Waals surface area contributed by atoms with Crippen molar-refractivity contribution >= 4 is 16.7 Å². The van der Waals surface area contributed by atoms with Crippen LogP contribution in [0.3, 0.4) is 0 Å². The van der Waals surface area contributed by atoms with Gasteiger partial charge < -0.3 is 14.8 Å². The van der Waals surface area contributed by atoms with Gasteiger partial charge in [0.2, 0.25) is 5.91 Å². The Morgan fingerprint density at radius 1 is 1.15 bits per heavy atom. The van der Waals surface area contributed by atoms with E-state index in [0.29, 0.717) is 23.7 Å². The van der Waals surface area contributed by atoms with Crippen molar-refractivity contribution in [3.05, 3.63) is 59.7 Å². The maximum atomic E-state index is 13.1. The Labute approximate surface area is 151 Å². The molecule has 3 rings (SSSR count). The number of carbonyl (C=O) groups is 1. The molecular formula is C18H17F2NO4S. The summed E-state index contributed by atoms with van der Waals surface area (Å²) in [6.07, 6.45) is -0.339. The number of halogens is 2. The lowest BCUT2D eigenvalue weighted by atomic mass is 10.2. The number of hydrogen-bond donors (Lipinski definition) is 1. The van der Waals surface area contributed by atoms with Gasteiger partial charge in [0.25, 0.3) is 0 Å². The number of carbonyl (C=O) groups excluding carboxylic acids is 1. The maximum absolute atomic E-state index is 13.1. The fourth-order valence-electron chi connectivity index (χ4n) is 2.45. The Bertz CT molecular complexity index is 831. The van der Waals surface area contributed by atoms with Gasteiger partial charge in [0.1, 0.15) is 18.5 Å². The Hall–Kier alpha value is -2.48. The summed E-state index contributed by atoms with van der Waals surface area (Å²) < 4.78 is 49.3. The van der Waals surface area contributed by atoms with Crippen molar-refractivity contribution in [1.29, 1.82) is 0 Å². The molecule has 1 N–H and O–H groups in total. The van der Waals surface area contributed by atoms with E-state index in [1.807, 2.05) is 12.1 Å². The summed E-state index contributed by atoms with van der Waals surface area (Å²) in [6, 6.07) is 10.5. The lowest BCUT2D eigenvalue weighted by molar-refractivity contribution is -0.119. The molecule has 1 aliphatic rings. The van der Waals surface area contributed by atoms with Gasteiger partial charge in [-0.2, -0.15) is 0 Å². The van der Waals surface area contributed by atoms with Crippen molar-refractivity contribution in [3.63, 3.8) is 0 Å². The minimum Gasteiger partial charge on any atom is -0.486 e. The Morgan fingerprint density at radius 2 is 1.92 bits per heavy atom. The van der Waals surface area contributed by atoms with Gasteiger partial charge in [0, 0.05) is 16.6 Å². The molecule has 2 aromatic rings. The number of hydrogen-bond acceptors (Lipinski definition) is 4. The summed E-state index contributed by atoms with van der Waals surface area (Å²) in [5.41, 5.74) is 0.371. The van der Waals surface area contributed by atoms with Gasteiger partial charge in [-0.15, -0.1) is 0 Å². The zero-order valence-electron chi connectivity index (χ0n) is 13.7. The zero-order valence-corrected chi connectivity index (χ0v) is 14.6. The molecule has 2 atom stereocenters. The standard InChI is InChI=1S/C18H17F2NO4S/c19-14-6-5-12(7-15(14)20)10-26(23)11-18(22)21-8-13-9-24-16-3-1-2-4-17(16)25-13/h1-7,13H,8-11H2,(H,21,22). The predicted octanol–water partition coefficient (Wildman–Crippen LogP) is 2.17. The van der Waals surface area contributed by atoms with E-state index in [-0.39, 0.29) is 24.2 Å². The molecular weight excluding hydrogens is 364 g/mol. The minimum atomic E-state index is -1.53. The minimum absolute atomic E-state index is 0.0268. The van der Waals surface area contributed by atoms with Crippen LogP contribution >= 0.6 is 0 Å². The molecule has 2 unspecified atom stereocenters. The van der Waals surface area contributed by atoms with Gasteiger partial charge >= 0.3 is 0 Å². The first kappa shape index (κ1) is 18.3. The fourth-order valence-corrected chi connectivity index (χ4v) is 3.50. The molecule has 138 valence electrons. The zero-order chi connectivity index (χ0) is 18.5. The second kappa shape index (κ2) is 8.27. The molecule has 0 radical (unpaired) electrons. The van der Waals surface area contributed by atoms with Gasteiger partial charge in [-0.05, 0) is 29.8 Å². The topological polar surface area (TPSA) is 64.6 Å². The molecule has 1 amide bonds. The van der Waals surface area contributed by atoms with Crippen LogP contribution in [-0.2, 0) is 21.3 Å². The van der Waals surface area contributed by atoms with Crippen LogP contribution in [0.25, 0.3) is 0 Å². The van der Waals surface area contributed by atoms with Crippen LogP contribution in [0.4, 0.5) is 8.78 Å². The maximum Gasteiger partial charge on any atom is 0.232 e. The van der Waals surface area contributed by atoms with E-state index in [4.69, 9.17) is 9.47 Å². The van der Waals surface area contributed by atoms with Crippen LogP contribution < -0.4 is 14.8 Å². The van der Waals surface area contributed by atoms with Crippen molar-refractivity contribution in [2.75, 3.05) is 18.9 Å². The second-order valence-electron chi connectivity index (χ2n) is 5.78. The molecule has 0 bridgehead atoms. The first-order valence-corrected chi connectivity index (χ1v) is 9.44. The number of para-hydroxylation sites is 2. The number of fused-ring (bicyclic) bond motifs is 1. The highest BCUT2D eigenvalue weighted by Gasteiger charge is 2.21. The lowest BCUT2D eigenvalue weighted by Crippen LogP contribution is -2.42. The van der Waals surface area contributed by atoms with E-state index in [1.165, 1.54) is 6.07 Å². The molecule has 0 fully saturated rings. The van der Waals surface area contributed by atoms with E-state index in [2.05, 4.69) is 5.32 Å². The van der Waals surface area contributed by atoms with Crippen molar-refractivity contribution in [3.8, 4) is 11.5 Å². The van der Waals surface area contributed by atoms with Crippen LogP contribution in [0.5, 0.6) is 11.5 Å². The third kappa shape index (κ3) is 4.78. The average Bonchev–Trinajstić information content (AvgIpc) is 2.63. The van der Waals surface area contributed by atoms with Crippen molar-refractivity contribution in [2.24, 2.45) is 0 Å². The lowest BCUT2D eigenvalue weighted by Gasteiger charge is -2.26. The quantitative estimate of drug-likeness (QED) is 0.833. The molecule has 26 heavy (non-hydrogen) atoms. The highest BCUT2D eigenvalue weighted by Crippen LogP contribution is 2.30. The smallest absolute Gasteiger partial charge is 0.232 e. The van der Waals surface area contributed by atoms with E-state index >= 15 is 0 Å². The number of benzene rings is 2. The first-order chi connectivity index (χ1) is 12.5. The second-order valence-corrected chi connectivity index (χ2v) is 7.24. The molecule has 0 aromatic heterocycles. The highest BCUT2D eigenvalue weighted by molar-refractivity contribution is 7.84. The number of rotatable bonds is 6. The average molecular weight is 381 g/mol. The van der Waals surface area contributed by atoms with E-state index in [1.54, 1.807) is 12.1 Å². The molecule has 0 spiro atoms. The molecule has 0 saturated heterocycles. The molecule has 8 heteroatoms. The van der Waals surface area contributed by atoms with Gasteiger partial charge in [-0.25, -0.2) is 8.78 Å². The predicted molar refractivity (Wildman–Crippen MR) is 92.4 cm³/mol. The number of amides is 1. The third-order valence-corrected chi connectivity index (χ3v) is 4.94. The van der Waals surface area contributed by atoms with Crippen molar-refractivity contribution < 1.29 is 27.3 Å². The Kier molecular flexibility index (Phi) is 5.82. The van der Waals surface area contributed by atoms with Crippen LogP contribution in [0.1, 0.15) is 5.56 Å². The van der Waals surface area contributed by atoms with Crippen LogP contribution in [0.15, 0.2) is 42.5 Å².